The van der Waals surface area contributed by atoms with Gasteiger partial charge in [0, 0.05) is 29.5 Å². The van der Waals surface area contributed by atoms with Crippen molar-refractivity contribution < 1.29 is 0 Å². The number of benzene rings is 1. The first-order chi connectivity index (χ1) is 12.8. The third-order valence-corrected chi connectivity index (χ3v) is 5.50. The highest BCUT2D eigenvalue weighted by atomic mass is 79.9. The van der Waals surface area contributed by atoms with Crippen LogP contribution in [0.1, 0.15) is 29.8 Å². The SMILES string of the molecule is Cc1c(C(C)NC(=S)Nc2nn(Cc3ccccc3Cl)cc2Br)cnn1C. The van der Waals surface area contributed by atoms with Crippen LogP contribution in [0.5, 0.6) is 0 Å². The summed E-state index contributed by atoms with van der Waals surface area (Å²) in [6.07, 6.45) is 3.74. The molecule has 0 saturated heterocycles. The van der Waals surface area contributed by atoms with E-state index in [1.54, 1.807) is 0 Å². The van der Waals surface area contributed by atoms with Gasteiger partial charge in [0.25, 0.3) is 0 Å². The van der Waals surface area contributed by atoms with Gasteiger partial charge in [0.05, 0.1) is 23.3 Å². The van der Waals surface area contributed by atoms with Crippen molar-refractivity contribution in [2.75, 3.05) is 5.32 Å². The number of halogens is 2. The van der Waals surface area contributed by atoms with E-state index < -0.39 is 0 Å². The minimum atomic E-state index is 0.0303. The van der Waals surface area contributed by atoms with E-state index in [-0.39, 0.29) is 6.04 Å². The molecule has 142 valence electrons. The molecule has 2 heterocycles. The number of aryl methyl sites for hydroxylation is 1. The predicted molar refractivity (Wildman–Crippen MR) is 116 cm³/mol. The zero-order valence-corrected chi connectivity index (χ0v) is 18.4. The molecule has 2 N–H and O–H groups in total. The molecule has 3 aromatic rings. The molecule has 1 atom stereocenters. The zero-order chi connectivity index (χ0) is 19.6. The van der Waals surface area contributed by atoms with Gasteiger partial charge in [-0.1, -0.05) is 29.8 Å². The lowest BCUT2D eigenvalue weighted by Gasteiger charge is -2.16. The van der Waals surface area contributed by atoms with Crippen molar-refractivity contribution in [3.63, 3.8) is 0 Å². The van der Waals surface area contributed by atoms with Gasteiger partial charge in [0.2, 0.25) is 0 Å². The average Bonchev–Trinajstić information content (AvgIpc) is 3.12. The minimum absolute atomic E-state index is 0.0303. The summed E-state index contributed by atoms with van der Waals surface area (Å²) in [5.74, 6) is 0.648. The summed E-state index contributed by atoms with van der Waals surface area (Å²) < 4.78 is 4.48. The molecule has 0 radical (unpaired) electrons. The second kappa shape index (κ2) is 8.41. The van der Waals surface area contributed by atoms with E-state index in [1.165, 1.54) is 0 Å². The molecule has 1 aromatic carbocycles. The molecule has 0 bridgehead atoms. The van der Waals surface area contributed by atoms with Gasteiger partial charge in [0.1, 0.15) is 0 Å². The number of hydrogen-bond acceptors (Lipinski definition) is 3. The monoisotopic (exact) mass is 466 g/mol. The smallest absolute Gasteiger partial charge is 0.172 e. The van der Waals surface area contributed by atoms with Crippen LogP contribution in [0.3, 0.4) is 0 Å². The van der Waals surface area contributed by atoms with Crippen molar-refractivity contribution in [3.8, 4) is 0 Å². The summed E-state index contributed by atoms with van der Waals surface area (Å²) in [5, 5.41) is 16.4. The fourth-order valence-corrected chi connectivity index (χ4v) is 3.61. The Morgan fingerprint density at radius 1 is 1.37 bits per heavy atom. The van der Waals surface area contributed by atoms with Crippen LogP contribution in [-0.4, -0.2) is 24.7 Å². The van der Waals surface area contributed by atoms with Crippen LogP contribution in [-0.2, 0) is 13.6 Å². The van der Waals surface area contributed by atoms with Gasteiger partial charge in [-0.25, -0.2) is 0 Å². The highest BCUT2D eigenvalue weighted by Gasteiger charge is 2.15. The zero-order valence-electron chi connectivity index (χ0n) is 15.2. The summed E-state index contributed by atoms with van der Waals surface area (Å²) in [6, 6.07) is 7.75. The molecule has 0 spiro atoms. The lowest BCUT2D eigenvalue weighted by molar-refractivity contribution is 0.687. The molecule has 0 aliphatic rings. The molecule has 1 unspecified atom stereocenters. The Labute approximate surface area is 177 Å². The van der Waals surface area contributed by atoms with Crippen LogP contribution in [0, 0.1) is 6.92 Å². The number of hydrogen-bond donors (Lipinski definition) is 2. The molecule has 0 fully saturated rings. The normalized spacial score (nSPS) is 12.0. The van der Waals surface area contributed by atoms with Crippen molar-refractivity contribution in [3.05, 3.63) is 63.0 Å². The molecule has 2 aromatic heterocycles. The Bertz CT molecular complexity index is 967. The van der Waals surface area contributed by atoms with Crippen LogP contribution in [0.15, 0.2) is 41.1 Å². The van der Waals surface area contributed by atoms with E-state index in [0.717, 1.165) is 26.3 Å². The number of anilines is 1. The summed E-state index contributed by atoms with van der Waals surface area (Å²) in [6.45, 7) is 4.65. The maximum atomic E-state index is 6.23. The predicted octanol–water partition coefficient (Wildman–Crippen LogP) is 4.44. The molecule has 0 aliphatic carbocycles. The molecule has 9 heteroatoms. The first-order valence-electron chi connectivity index (χ1n) is 8.37. The van der Waals surface area contributed by atoms with Crippen molar-refractivity contribution in [1.29, 1.82) is 0 Å². The Morgan fingerprint density at radius 2 is 2.11 bits per heavy atom. The van der Waals surface area contributed by atoms with Crippen LogP contribution < -0.4 is 10.6 Å². The number of nitrogens with zero attached hydrogens (tertiary/aromatic N) is 4. The first-order valence-corrected chi connectivity index (χ1v) is 9.95. The number of thiocarbonyl (C=S) groups is 1. The van der Waals surface area contributed by atoms with Crippen molar-refractivity contribution in [2.24, 2.45) is 7.05 Å². The van der Waals surface area contributed by atoms with Crippen LogP contribution in [0.2, 0.25) is 5.02 Å². The second-order valence-corrected chi connectivity index (χ2v) is 7.91. The van der Waals surface area contributed by atoms with Crippen molar-refractivity contribution >= 4 is 50.7 Å². The molecule has 27 heavy (non-hydrogen) atoms. The van der Waals surface area contributed by atoms with Gasteiger partial charge < -0.3 is 10.6 Å². The number of aromatic nitrogens is 4. The summed E-state index contributed by atoms with van der Waals surface area (Å²) in [5.41, 5.74) is 3.20. The van der Waals surface area contributed by atoms with Gasteiger partial charge in [0.15, 0.2) is 10.9 Å². The standard InChI is InChI=1S/C18H20BrClN6S/c1-11(14-8-21-25(3)12(14)2)22-18(27)23-17-15(19)10-26(24-17)9-13-6-4-5-7-16(13)20/h4-8,10-11H,9H2,1-3H3,(H2,22,23,24,27). The number of nitrogens with one attached hydrogen (secondary N) is 2. The van der Waals surface area contributed by atoms with E-state index in [0.29, 0.717) is 17.5 Å². The Balaban J connectivity index is 1.65. The van der Waals surface area contributed by atoms with Gasteiger partial charge in [-0.3, -0.25) is 9.36 Å². The molecule has 0 amide bonds. The third kappa shape index (κ3) is 4.69. The van der Waals surface area contributed by atoms with Gasteiger partial charge in [-0.2, -0.15) is 10.2 Å². The topological polar surface area (TPSA) is 59.7 Å². The first kappa shape index (κ1) is 19.9. The highest BCUT2D eigenvalue weighted by Crippen LogP contribution is 2.23. The Morgan fingerprint density at radius 3 is 2.78 bits per heavy atom. The molecule has 0 aliphatic heterocycles. The molecule has 3 rings (SSSR count). The van der Waals surface area contributed by atoms with Gasteiger partial charge in [-0.05, 0) is 53.6 Å². The Kier molecular flexibility index (Phi) is 6.18. The molecule has 6 nitrogen and oxygen atoms in total. The number of rotatable bonds is 5. The Hall–Kier alpha value is -1.90. The lowest BCUT2D eigenvalue weighted by Crippen LogP contribution is -2.31. The molecular weight excluding hydrogens is 448 g/mol. The van der Waals surface area contributed by atoms with E-state index in [9.17, 15) is 0 Å². The van der Waals surface area contributed by atoms with Crippen LogP contribution >= 0.6 is 39.7 Å². The molecular formula is C18H20BrClN6S. The van der Waals surface area contributed by atoms with E-state index in [4.69, 9.17) is 23.8 Å². The van der Waals surface area contributed by atoms with E-state index >= 15 is 0 Å². The second-order valence-electron chi connectivity index (χ2n) is 6.24. The third-order valence-electron chi connectivity index (χ3n) is 4.33. The fraction of sp³-hybridized carbons (Fsp3) is 0.278. The quantitative estimate of drug-likeness (QED) is 0.543. The van der Waals surface area contributed by atoms with E-state index in [1.807, 2.05) is 66.9 Å². The summed E-state index contributed by atoms with van der Waals surface area (Å²) in [7, 11) is 1.92. The maximum Gasteiger partial charge on any atom is 0.172 e. The van der Waals surface area contributed by atoms with Gasteiger partial charge >= 0.3 is 0 Å². The summed E-state index contributed by atoms with van der Waals surface area (Å²) >= 11 is 15.2. The van der Waals surface area contributed by atoms with Crippen molar-refractivity contribution in [2.45, 2.75) is 26.4 Å². The van der Waals surface area contributed by atoms with Gasteiger partial charge in [-0.15, -0.1) is 0 Å². The van der Waals surface area contributed by atoms with Crippen LogP contribution in [0.4, 0.5) is 5.82 Å². The lowest BCUT2D eigenvalue weighted by atomic mass is 10.1. The fourth-order valence-electron chi connectivity index (χ4n) is 2.72. The van der Waals surface area contributed by atoms with Crippen molar-refractivity contribution in [1.82, 2.24) is 24.9 Å². The highest BCUT2D eigenvalue weighted by molar-refractivity contribution is 9.10. The average molecular weight is 468 g/mol. The maximum absolute atomic E-state index is 6.23. The minimum Gasteiger partial charge on any atom is -0.356 e. The van der Waals surface area contributed by atoms with Crippen LogP contribution in [0.25, 0.3) is 0 Å². The molecule has 0 saturated carbocycles. The van der Waals surface area contributed by atoms with E-state index in [2.05, 4.69) is 36.8 Å². The largest absolute Gasteiger partial charge is 0.356 e. The summed E-state index contributed by atoms with van der Waals surface area (Å²) in [4.78, 5) is 0.